The minimum absolute atomic E-state index is 0.613. The molecule has 112 valence electrons. The molecule has 2 N–H and O–H groups in total. The van der Waals surface area contributed by atoms with Crippen LogP contribution in [0.5, 0.6) is 0 Å². The van der Waals surface area contributed by atoms with E-state index in [-0.39, 0.29) is 0 Å². The zero-order chi connectivity index (χ0) is 14.1. The molecular weight excluding hydrogens is 262 g/mol. The van der Waals surface area contributed by atoms with Crippen LogP contribution in [0.2, 0.25) is 0 Å². The van der Waals surface area contributed by atoms with Crippen molar-refractivity contribution in [3.63, 3.8) is 0 Å². The van der Waals surface area contributed by atoms with Crippen LogP contribution in [0.25, 0.3) is 5.65 Å². The molecule has 1 unspecified atom stereocenters. The third-order valence-corrected chi connectivity index (χ3v) is 4.59. The molecule has 2 fully saturated rings. The fourth-order valence-electron chi connectivity index (χ4n) is 3.43. The van der Waals surface area contributed by atoms with Crippen molar-refractivity contribution < 1.29 is 0 Å². The van der Waals surface area contributed by atoms with Gasteiger partial charge in [0.1, 0.15) is 5.65 Å². The standard InChI is InChI=1S/C16H23N5/c1-2-13(18-4-1)10-14-12-21-7-3-15(11-16(21)19-14)20-8-5-17-6-9-20/h3,7,11-13,17-18H,1-2,4-6,8-10H2. The highest BCUT2D eigenvalue weighted by Crippen LogP contribution is 2.19. The van der Waals surface area contributed by atoms with Gasteiger partial charge in [0.25, 0.3) is 0 Å². The minimum Gasteiger partial charge on any atom is -0.369 e. The van der Waals surface area contributed by atoms with Gasteiger partial charge in [-0.15, -0.1) is 0 Å². The Kier molecular flexibility index (Phi) is 3.53. The third kappa shape index (κ3) is 2.76. The molecule has 0 saturated carbocycles. The predicted octanol–water partition coefficient (Wildman–Crippen LogP) is 1.04. The van der Waals surface area contributed by atoms with Crippen LogP contribution in [0.3, 0.4) is 0 Å². The summed E-state index contributed by atoms with van der Waals surface area (Å²) in [6.45, 7) is 5.45. The fraction of sp³-hybridized carbons (Fsp3) is 0.562. The molecule has 0 bridgehead atoms. The van der Waals surface area contributed by atoms with Crippen molar-refractivity contribution in [3.8, 4) is 0 Å². The van der Waals surface area contributed by atoms with Gasteiger partial charge in [-0.2, -0.15) is 0 Å². The Labute approximate surface area is 125 Å². The number of imidazole rings is 1. The monoisotopic (exact) mass is 285 g/mol. The summed E-state index contributed by atoms with van der Waals surface area (Å²) >= 11 is 0. The van der Waals surface area contributed by atoms with E-state index >= 15 is 0 Å². The largest absolute Gasteiger partial charge is 0.369 e. The van der Waals surface area contributed by atoms with Gasteiger partial charge in [0.05, 0.1) is 5.69 Å². The van der Waals surface area contributed by atoms with Crippen LogP contribution < -0.4 is 15.5 Å². The molecule has 4 heterocycles. The van der Waals surface area contributed by atoms with Gasteiger partial charge < -0.3 is 19.9 Å². The number of anilines is 1. The van der Waals surface area contributed by atoms with E-state index in [9.17, 15) is 0 Å². The Bertz CT molecular complexity index is 608. The average Bonchev–Trinajstić information content (AvgIpc) is 3.16. The van der Waals surface area contributed by atoms with Gasteiger partial charge in [0.2, 0.25) is 0 Å². The lowest BCUT2D eigenvalue weighted by Crippen LogP contribution is -2.43. The molecule has 5 nitrogen and oxygen atoms in total. The molecule has 2 aromatic heterocycles. The molecular formula is C16H23N5. The Morgan fingerprint density at radius 3 is 2.95 bits per heavy atom. The van der Waals surface area contributed by atoms with E-state index in [0.717, 1.165) is 44.8 Å². The van der Waals surface area contributed by atoms with Crippen molar-refractivity contribution in [2.45, 2.75) is 25.3 Å². The first-order valence-corrected chi connectivity index (χ1v) is 8.05. The van der Waals surface area contributed by atoms with Crippen molar-refractivity contribution in [3.05, 3.63) is 30.2 Å². The summed E-state index contributed by atoms with van der Waals surface area (Å²) in [6.07, 6.45) is 7.94. The van der Waals surface area contributed by atoms with Crippen molar-refractivity contribution in [2.24, 2.45) is 0 Å². The molecule has 1 atom stereocenters. The molecule has 2 saturated heterocycles. The molecule has 2 aliphatic rings. The molecule has 5 heteroatoms. The van der Waals surface area contributed by atoms with E-state index in [4.69, 9.17) is 4.98 Å². The summed E-state index contributed by atoms with van der Waals surface area (Å²) in [5.41, 5.74) is 3.56. The maximum Gasteiger partial charge on any atom is 0.139 e. The van der Waals surface area contributed by atoms with Crippen LogP contribution in [0, 0.1) is 0 Å². The Morgan fingerprint density at radius 1 is 1.24 bits per heavy atom. The second-order valence-electron chi connectivity index (χ2n) is 6.12. The van der Waals surface area contributed by atoms with E-state index in [2.05, 4.69) is 44.5 Å². The normalized spacial score (nSPS) is 23.0. The highest BCUT2D eigenvalue weighted by Gasteiger charge is 2.16. The Hall–Kier alpha value is -1.59. The molecule has 2 aromatic rings. The van der Waals surface area contributed by atoms with Crippen molar-refractivity contribution in [2.75, 3.05) is 37.6 Å². The van der Waals surface area contributed by atoms with Gasteiger partial charge in [-0.25, -0.2) is 4.98 Å². The zero-order valence-electron chi connectivity index (χ0n) is 12.4. The third-order valence-electron chi connectivity index (χ3n) is 4.59. The number of pyridine rings is 1. The average molecular weight is 285 g/mol. The lowest BCUT2D eigenvalue weighted by atomic mass is 10.1. The molecule has 0 radical (unpaired) electrons. The number of fused-ring (bicyclic) bond motifs is 1. The number of nitrogens with one attached hydrogen (secondary N) is 2. The number of rotatable bonds is 3. The fourth-order valence-corrected chi connectivity index (χ4v) is 3.43. The minimum atomic E-state index is 0.613. The summed E-state index contributed by atoms with van der Waals surface area (Å²) in [5, 5.41) is 6.94. The first-order chi connectivity index (χ1) is 10.4. The number of hydrogen-bond acceptors (Lipinski definition) is 4. The zero-order valence-corrected chi connectivity index (χ0v) is 12.4. The number of aromatic nitrogens is 2. The Balaban J connectivity index is 1.55. The van der Waals surface area contributed by atoms with E-state index in [1.54, 1.807) is 0 Å². The molecule has 4 rings (SSSR count). The number of hydrogen-bond donors (Lipinski definition) is 2. The van der Waals surface area contributed by atoms with Gasteiger partial charge in [-0.1, -0.05) is 0 Å². The van der Waals surface area contributed by atoms with E-state index in [1.165, 1.54) is 24.2 Å². The van der Waals surface area contributed by atoms with Crippen LogP contribution in [0.1, 0.15) is 18.5 Å². The second-order valence-corrected chi connectivity index (χ2v) is 6.12. The van der Waals surface area contributed by atoms with Crippen LogP contribution in [0.4, 0.5) is 5.69 Å². The van der Waals surface area contributed by atoms with Crippen LogP contribution in [0.15, 0.2) is 24.5 Å². The predicted molar refractivity (Wildman–Crippen MR) is 85.0 cm³/mol. The van der Waals surface area contributed by atoms with Gasteiger partial charge in [0, 0.05) is 62.8 Å². The number of nitrogens with zero attached hydrogens (tertiary/aromatic N) is 3. The van der Waals surface area contributed by atoms with Crippen molar-refractivity contribution in [1.29, 1.82) is 0 Å². The maximum atomic E-state index is 4.81. The smallest absolute Gasteiger partial charge is 0.139 e. The lowest BCUT2D eigenvalue weighted by molar-refractivity contribution is 0.589. The molecule has 0 aromatic carbocycles. The molecule has 21 heavy (non-hydrogen) atoms. The summed E-state index contributed by atoms with van der Waals surface area (Å²) in [5.74, 6) is 0. The SMILES string of the molecule is c1cn2cc(CC3CCCN3)nc2cc1N1CCNCC1. The highest BCUT2D eigenvalue weighted by molar-refractivity contribution is 5.57. The molecule has 0 aliphatic carbocycles. The molecule has 0 spiro atoms. The summed E-state index contributed by atoms with van der Waals surface area (Å²) in [4.78, 5) is 7.25. The maximum absolute atomic E-state index is 4.81. The quantitative estimate of drug-likeness (QED) is 0.884. The molecule has 0 amide bonds. The highest BCUT2D eigenvalue weighted by atomic mass is 15.2. The van der Waals surface area contributed by atoms with Crippen LogP contribution >= 0.6 is 0 Å². The van der Waals surface area contributed by atoms with E-state index in [0.29, 0.717) is 6.04 Å². The van der Waals surface area contributed by atoms with Gasteiger partial charge in [-0.05, 0) is 25.5 Å². The Morgan fingerprint density at radius 2 is 2.14 bits per heavy atom. The lowest BCUT2D eigenvalue weighted by Gasteiger charge is -2.29. The first kappa shape index (κ1) is 13.1. The summed E-state index contributed by atoms with van der Waals surface area (Å²) in [7, 11) is 0. The van der Waals surface area contributed by atoms with Gasteiger partial charge >= 0.3 is 0 Å². The number of piperazine rings is 1. The van der Waals surface area contributed by atoms with Crippen LogP contribution in [-0.4, -0.2) is 48.2 Å². The van der Waals surface area contributed by atoms with Crippen molar-refractivity contribution >= 4 is 11.3 Å². The van der Waals surface area contributed by atoms with E-state index in [1.807, 2.05) is 0 Å². The summed E-state index contributed by atoms with van der Waals surface area (Å²) in [6, 6.07) is 5.04. The van der Waals surface area contributed by atoms with Gasteiger partial charge in [0.15, 0.2) is 0 Å². The van der Waals surface area contributed by atoms with Gasteiger partial charge in [-0.3, -0.25) is 0 Å². The first-order valence-electron chi connectivity index (χ1n) is 8.05. The van der Waals surface area contributed by atoms with E-state index < -0.39 is 0 Å². The van der Waals surface area contributed by atoms with Crippen molar-refractivity contribution in [1.82, 2.24) is 20.0 Å². The van der Waals surface area contributed by atoms with Crippen LogP contribution in [-0.2, 0) is 6.42 Å². The molecule has 2 aliphatic heterocycles. The second kappa shape index (κ2) is 5.66. The topological polar surface area (TPSA) is 44.6 Å². The summed E-state index contributed by atoms with van der Waals surface area (Å²) < 4.78 is 2.15.